The highest BCUT2D eigenvalue weighted by Gasteiger charge is 1.93. The molecular formula is C8H10ClN3. The molecule has 1 aromatic rings. The summed E-state index contributed by atoms with van der Waals surface area (Å²) in [6.07, 6.45) is 1.51. The van der Waals surface area contributed by atoms with Crippen LogP contribution in [0.1, 0.15) is 5.69 Å². The van der Waals surface area contributed by atoms with Crippen LogP contribution in [0.15, 0.2) is 24.0 Å². The first kappa shape index (κ1) is 9.00. The van der Waals surface area contributed by atoms with Gasteiger partial charge in [-0.2, -0.15) is 0 Å². The quantitative estimate of drug-likeness (QED) is 0.779. The second-order valence-corrected chi connectivity index (χ2v) is 2.95. The fourth-order valence-electron chi connectivity index (χ4n) is 0.738. The highest BCUT2D eigenvalue weighted by Crippen LogP contribution is 2.04. The van der Waals surface area contributed by atoms with Gasteiger partial charge in [0.1, 0.15) is 12.1 Å². The van der Waals surface area contributed by atoms with Gasteiger partial charge in [0, 0.05) is 16.8 Å². The van der Waals surface area contributed by atoms with Gasteiger partial charge in [0.25, 0.3) is 0 Å². The molecule has 0 radical (unpaired) electrons. The van der Waals surface area contributed by atoms with Crippen LogP contribution >= 0.6 is 11.6 Å². The summed E-state index contributed by atoms with van der Waals surface area (Å²) in [5.74, 6) is 0.768. The topological polar surface area (TPSA) is 37.8 Å². The zero-order chi connectivity index (χ0) is 8.97. The Labute approximate surface area is 76.5 Å². The zero-order valence-corrected chi connectivity index (χ0v) is 7.60. The molecule has 0 bridgehead atoms. The molecule has 0 atom stereocenters. The summed E-state index contributed by atoms with van der Waals surface area (Å²) < 4.78 is 0. The Balaban J connectivity index is 2.57. The maximum absolute atomic E-state index is 5.57. The van der Waals surface area contributed by atoms with Gasteiger partial charge in [-0.15, -0.1) is 0 Å². The molecule has 0 unspecified atom stereocenters. The average molecular weight is 184 g/mol. The van der Waals surface area contributed by atoms with Crippen molar-refractivity contribution in [2.75, 3.05) is 11.9 Å². The van der Waals surface area contributed by atoms with Crippen molar-refractivity contribution in [3.63, 3.8) is 0 Å². The largest absolute Gasteiger partial charge is 0.365 e. The molecule has 0 amide bonds. The number of nitrogens with one attached hydrogen (secondary N) is 1. The molecule has 0 aliphatic heterocycles. The minimum Gasteiger partial charge on any atom is -0.365 e. The third-order valence-electron chi connectivity index (χ3n) is 1.27. The highest BCUT2D eigenvalue weighted by atomic mass is 35.5. The maximum atomic E-state index is 5.57. The summed E-state index contributed by atoms with van der Waals surface area (Å²) in [7, 11) is 0. The Hall–Kier alpha value is -1.09. The van der Waals surface area contributed by atoms with E-state index in [-0.39, 0.29) is 0 Å². The fourth-order valence-corrected chi connectivity index (χ4v) is 0.804. The SMILES string of the molecule is C=C(Cl)CNc1cc(C)ncn1. The van der Waals surface area contributed by atoms with E-state index in [2.05, 4.69) is 21.9 Å². The van der Waals surface area contributed by atoms with Crippen molar-refractivity contribution in [2.45, 2.75) is 6.92 Å². The number of aromatic nitrogens is 2. The molecule has 1 N–H and O–H groups in total. The van der Waals surface area contributed by atoms with Crippen molar-refractivity contribution in [1.29, 1.82) is 0 Å². The molecule has 0 aliphatic carbocycles. The van der Waals surface area contributed by atoms with Crippen molar-refractivity contribution < 1.29 is 0 Å². The van der Waals surface area contributed by atoms with Gasteiger partial charge in [-0.25, -0.2) is 9.97 Å². The second kappa shape index (κ2) is 4.07. The van der Waals surface area contributed by atoms with E-state index in [4.69, 9.17) is 11.6 Å². The molecule has 0 saturated heterocycles. The number of hydrogen-bond acceptors (Lipinski definition) is 3. The minimum atomic E-state index is 0.526. The van der Waals surface area contributed by atoms with Crippen LogP contribution in [0.25, 0.3) is 0 Å². The van der Waals surface area contributed by atoms with E-state index >= 15 is 0 Å². The standard InChI is InChI=1S/C8H10ClN3/c1-6(9)4-10-8-3-7(2)11-5-12-8/h3,5H,1,4H2,2H3,(H,10,11,12). The van der Waals surface area contributed by atoms with Crippen molar-refractivity contribution in [1.82, 2.24) is 9.97 Å². The molecule has 3 nitrogen and oxygen atoms in total. The Morgan fingerprint density at radius 2 is 2.42 bits per heavy atom. The monoisotopic (exact) mass is 183 g/mol. The van der Waals surface area contributed by atoms with E-state index in [1.807, 2.05) is 13.0 Å². The molecular weight excluding hydrogens is 174 g/mol. The van der Waals surface area contributed by atoms with Gasteiger partial charge in [-0.1, -0.05) is 18.2 Å². The first-order valence-electron chi connectivity index (χ1n) is 3.54. The predicted molar refractivity (Wildman–Crippen MR) is 50.3 cm³/mol. The Bertz CT molecular complexity index is 285. The van der Waals surface area contributed by atoms with Gasteiger partial charge in [0.05, 0.1) is 6.54 Å². The van der Waals surface area contributed by atoms with Crippen molar-refractivity contribution in [2.24, 2.45) is 0 Å². The van der Waals surface area contributed by atoms with Gasteiger partial charge in [0.2, 0.25) is 0 Å². The average Bonchev–Trinajstić information content (AvgIpc) is 2.01. The van der Waals surface area contributed by atoms with Gasteiger partial charge in [0.15, 0.2) is 0 Å². The van der Waals surface area contributed by atoms with Crippen LogP contribution in [0.4, 0.5) is 5.82 Å². The van der Waals surface area contributed by atoms with Crippen LogP contribution in [0.5, 0.6) is 0 Å². The first-order chi connectivity index (χ1) is 5.68. The van der Waals surface area contributed by atoms with E-state index in [0.29, 0.717) is 11.6 Å². The Morgan fingerprint density at radius 1 is 1.67 bits per heavy atom. The van der Waals surface area contributed by atoms with Crippen LogP contribution in [0.2, 0.25) is 0 Å². The summed E-state index contributed by atoms with van der Waals surface area (Å²) in [6, 6.07) is 1.85. The molecule has 64 valence electrons. The number of rotatable bonds is 3. The van der Waals surface area contributed by atoms with Gasteiger partial charge in [-0.3, -0.25) is 0 Å². The lowest BCUT2D eigenvalue weighted by Crippen LogP contribution is -2.03. The second-order valence-electron chi connectivity index (χ2n) is 2.42. The predicted octanol–water partition coefficient (Wildman–Crippen LogP) is 1.95. The van der Waals surface area contributed by atoms with E-state index in [0.717, 1.165) is 11.5 Å². The third kappa shape index (κ3) is 2.88. The van der Waals surface area contributed by atoms with Gasteiger partial charge < -0.3 is 5.32 Å². The van der Waals surface area contributed by atoms with Crippen LogP contribution in [0.3, 0.4) is 0 Å². The lowest BCUT2D eigenvalue weighted by Gasteiger charge is -2.02. The lowest BCUT2D eigenvalue weighted by molar-refractivity contribution is 1.09. The summed E-state index contributed by atoms with van der Waals surface area (Å²) in [6.45, 7) is 5.98. The Kier molecular flexibility index (Phi) is 3.05. The first-order valence-corrected chi connectivity index (χ1v) is 3.92. The Morgan fingerprint density at radius 3 is 3.00 bits per heavy atom. The summed E-state index contributed by atoms with van der Waals surface area (Å²) in [5.41, 5.74) is 0.924. The number of aryl methyl sites for hydroxylation is 1. The molecule has 1 rings (SSSR count). The molecule has 0 saturated carbocycles. The lowest BCUT2D eigenvalue weighted by atomic mass is 10.4. The number of hydrogen-bond donors (Lipinski definition) is 1. The smallest absolute Gasteiger partial charge is 0.129 e. The van der Waals surface area contributed by atoms with Crippen LogP contribution in [-0.4, -0.2) is 16.5 Å². The fraction of sp³-hybridized carbons (Fsp3) is 0.250. The summed E-state index contributed by atoms with van der Waals surface area (Å²) in [4.78, 5) is 7.95. The molecule has 4 heteroatoms. The molecule has 0 fully saturated rings. The van der Waals surface area contributed by atoms with E-state index < -0.39 is 0 Å². The van der Waals surface area contributed by atoms with Crippen LogP contribution in [-0.2, 0) is 0 Å². The molecule has 0 aliphatic rings. The molecule has 1 aromatic heterocycles. The van der Waals surface area contributed by atoms with Gasteiger partial charge in [-0.05, 0) is 6.92 Å². The molecule has 12 heavy (non-hydrogen) atoms. The molecule has 1 heterocycles. The van der Waals surface area contributed by atoms with E-state index in [1.165, 1.54) is 6.33 Å². The number of nitrogens with zero attached hydrogens (tertiary/aromatic N) is 2. The third-order valence-corrected chi connectivity index (χ3v) is 1.40. The molecule has 0 spiro atoms. The van der Waals surface area contributed by atoms with Gasteiger partial charge >= 0.3 is 0 Å². The highest BCUT2D eigenvalue weighted by molar-refractivity contribution is 6.29. The van der Waals surface area contributed by atoms with E-state index in [1.54, 1.807) is 0 Å². The number of halogens is 1. The van der Waals surface area contributed by atoms with Crippen LogP contribution in [0, 0.1) is 6.92 Å². The zero-order valence-electron chi connectivity index (χ0n) is 6.84. The van der Waals surface area contributed by atoms with Crippen molar-refractivity contribution in [3.8, 4) is 0 Å². The minimum absolute atomic E-state index is 0.526. The van der Waals surface area contributed by atoms with Crippen molar-refractivity contribution in [3.05, 3.63) is 29.7 Å². The normalized spacial score (nSPS) is 9.50. The van der Waals surface area contributed by atoms with E-state index in [9.17, 15) is 0 Å². The summed E-state index contributed by atoms with van der Waals surface area (Å²) >= 11 is 5.57. The maximum Gasteiger partial charge on any atom is 0.129 e. The summed E-state index contributed by atoms with van der Waals surface area (Å²) in [5, 5.41) is 3.56. The van der Waals surface area contributed by atoms with Crippen molar-refractivity contribution >= 4 is 17.4 Å². The molecule has 0 aromatic carbocycles. The number of anilines is 1. The van der Waals surface area contributed by atoms with Crippen LogP contribution < -0.4 is 5.32 Å².